The third-order valence-corrected chi connectivity index (χ3v) is 5.77. The van der Waals surface area contributed by atoms with Gasteiger partial charge in [-0.1, -0.05) is 6.07 Å². The Hall–Kier alpha value is -2.67. The molecule has 0 aliphatic carbocycles. The Kier molecular flexibility index (Phi) is 4.70. The molecule has 4 heterocycles. The normalized spacial score (nSPS) is 13.5. The van der Waals surface area contributed by atoms with Crippen LogP contribution in [0, 0.1) is 13.8 Å². The molecule has 0 atom stereocenters. The number of thiophene rings is 1. The number of pyridine rings is 1. The van der Waals surface area contributed by atoms with Gasteiger partial charge in [0.15, 0.2) is 0 Å². The molecule has 0 bridgehead atoms. The van der Waals surface area contributed by atoms with Crippen molar-refractivity contribution in [3.05, 3.63) is 62.7 Å². The number of amides is 1. The van der Waals surface area contributed by atoms with Crippen molar-refractivity contribution in [2.75, 3.05) is 6.54 Å². The van der Waals surface area contributed by atoms with E-state index in [-0.39, 0.29) is 5.91 Å². The third kappa shape index (κ3) is 3.60. The molecule has 0 spiro atoms. The number of aromatic nitrogens is 3. The van der Waals surface area contributed by atoms with Crippen molar-refractivity contribution in [3.8, 4) is 5.88 Å². The lowest BCUT2D eigenvalue weighted by atomic mass is 10.1. The van der Waals surface area contributed by atoms with Gasteiger partial charge in [-0.15, -0.1) is 11.3 Å². The van der Waals surface area contributed by atoms with E-state index in [0.717, 1.165) is 33.1 Å². The van der Waals surface area contributed by atoms with Gasteiger partial charge in [-0.05, 0) is 32.0 Å². The van der Waals surface area contributed by atoms with Crippen molar-refractivity contribution in [1.29, 1.82) is 0 Å². The molecule has 3 aromatic rings. The van der Waals surface area contributed by atoms with Crippen molar-refractivity contribution in [2.45, 2.75) is 33.4 Å². The monoisotopic (exact) mass is 382 g/mol. The highest BCUT2D eigenvalue weighted by Gasteiger charge is 2.28. The largest absolute Gasteiger partial charge is 0.471 e. The number of carbonyl (C=O) groups is 1. The Bertz CT molecular complexity index is 992. The van der Waals surface area contributed by atoms with Gasteiger partial charge in [-0.3, -0.25) is 9.48 Å². The van der Waals surface area contributed by atoms with Gasteiger partial charge in [-0.25, -0.2) is 4.98 Å². The van der Waals surface area contributed by atoms with Crippen molar-refractivity contribution in [2.24, 2.45) is 7.05 Å². The summed E-state index contributed by atoms with van der Waals surface area (Å²) in [5.41, 5.74) is 4.06. The predicted molar refractivity (Wildman–Crippen MR) is 104 cm³/mol. The minimum absolute atomic E-state index is 0.0924. The van der Waals surface area contributed by atoms with Gasteiger partial charge in [0.1, 0.15) is 12.3 Å². The molecule has 0 saturated carbocycles. The van der Waals surface area contributed by atoms with Crippen LogP contribution in [0.3, 0.4) is 0 Å². The highest BCUT2D eigenvalue weighted by molar-refractivity contribution is 7.13. The molecule has 7 heteroatoms. The van der Waals surface area contributed by atoms with Gasteiger partial charge in [0.05, 0.1) is 4.88 Å². The molecule has 3 aromatic heterocycles. The third-order valence-electron chi connectivity index (χ3n) is 4.78. The van der Waals surface area contributed by atoms with Crippen molar-refractivity contribution >= 4 is 17.2 Å². The summed E-state index contributed by atoms with van der Waals surface area (Å²) >= 11 is 1.54. The van der Waals surface area contributed by atoms with E-state index in [0.29, 0.717) is 25.6 Å². The first kappa shape index (κ1) is 17.7. The Balaban J connectivity index is 1.53. The molecule has 0 saturated heterocycles. The zero-order valence-electron chi connectivity index (χ0n) is 15.7. The van der Waals surface area contributed by atoms with E-state index in [1.165, 1.54) is 5.69 Å². The van der Waals surface area contributed by atoms with Crippen LogP contribution in [0.2, 0.25) is 0 Å². The summed E-state index contributed by atoms with van der Waals surface area (Å²) in [6.45, 7) is 5.58. The summed E-state index contributed by atoms with van der Waals surface area (Å²) in [5, 5.41) is 4.63. The highest BCUT2D eigenvalue weighted by Crippen LogP contribution is 2.26. The quantitative estimate of drug-likeness (QED) is 0.695. The lowest BCUT2D eigenvalue weighted by Gasteiger charge is -2.27. The van der Waals surface area contributed by atoms with Crippen LogP contribution in [0.5, 0.6) is 5.88 Å². The maximum absolute atomic E-state index is 12.8. The summed E-state index contributed by atoms with van der Waals surface area (Å²) in [6, 6.07) is 9.61. The van der Waals surface area contributed by atoms with Gasteiger partial charge in [-0.2, -0.15) is 5.10 Å². The molecule has 1 aliphatic heterocycles. The summed E-state index contributed by atoms with van der Waals surface area (Å²) in [7, 11) is 1.95. The zero-order chi connectivity index (χ0) is 19.0. The van der Waals surface area contributed by atoms with E-state index in [9.17, 15) is 4.79 Å². The Morgan fingerprint density at radius 3 is 2.85 bits per heavy atom. The Morgan fingerprint density at radius 2 is 2.11 bits per heavy atom. The van der Waals surface area contributed by atoms with Gasteiger partial charge in [0.25, 0.3) is 5.91 Å². The topological polar surface area (TPSA) is 60.2 Å². The Morgan fingerprint density at radius 1 is 1.26 bits per heavy atom. The number of hydrogen-bond acceptors (Lipinski definition) is 5. The molecule has 0 N–H and O–H groups in total. The predicted octanol–water partition coefficient (Wildman–Crippen LogP) is 3.27. The van der Waals surface area contributed by atoms with Crippen molar-refractivity contribution in [1.82, 2.24) is 19.7 Å². The number of carbonyl (C=O) groups excluding carboxylic acids is 1. The van der Waals surface area contributed by atoms with Gasteiger partial charge in [0, 0.05) is 54.5 Å². The first-order valence-corrected chi connectivity index (χ1v) is 9.78. The van der Waals surface area contributed by atoms with E-state index in [1.54, 1.807) is 11.3 Å². The first-order chi connectivity index (χ1) is 13.0. The maximum Gasteiger partial charge on any atom is 0.264 e. The molecule has 0 radical (unpaired) electrons. The number of rotatable bonds is 4. The number of hydrogen-bond donors (Lipinski definition) is 0. The maximum atomic E-state index is 12.8. The molecular formula is C20H22N4O2S. The summed E-state index contributed by atoms with van der Waals surface area (Å²) in [4.78, 5) is 21.0. The van der Waals surface area contributed by atoms with Crippen LogP contribution < -0.4 is 4.74 Å². The molecule has 4 rings (SSSR count). The molecule has 1 amide bonds. The number of ether oxygens (including phenoxy) is 1. The van der Waals surface area contributed by atoms with Crippen LogP contribution >= 0.6 is 11.3 Å². The van der Waals surface area contributed by atoms with Crippen LogP contribution in [0.4, 0.5) is 0 Å². The summed E-state index contributed by atoms with van der Waals surface area (Å²) < 4.78 is 7.76. The van der Waals surface area contributed by atoms with E-state index in [2.05, 4.69) is 10.1 Å². The average molecular weight is 382 g/mol. The smallest absolute Gasteiger partial charge is 0.264 e. The van der Waals surface area contributed by atoms with Gasteiger partial charge < -0.3 is 9.64 Å². The van der Waals surface area contributed by atoms with Crippen LogP contribution in [-0.4, -0.2) is 32.1 Å². The molecule has 1 aliphatic rings. The van der Waals surface area contributed by atoms with E-state index >= 15 is 0 Å². The Labute approximate surface area is 162 Å². The fourth-order valence-electron chi connectivity index (χ4n) is 3.40. The fraction of sp³-hybridized carbons (Fsp3) is 0.350. The van der Waals surface area contributed by atoms with E-state index in [4.69, 9.17) is 4.74 Å². The molecular weight excluding hydrogens is 360 g/mol. The van der Waals surface area contributed by atoms with Crippen molar-refractivity contribution < 1.29 is 9.53 Å². The van der Waals surface area contributed by atoms with Crippen LogP contribution in [-0.2, 0) is 26.6 Å². The molecule has 140 valence electrons. The van der Waals surface area contributed by atoms with Crippen LogP contribution in [0.15, 0.2) is 30.3 Å². The SMILES string of the molecule is Cc1cccc(OCc2nn(C)c3c2CN(C(=O)c2ccc(C)s2)CC3)n1. The molecule has 0 aromatic carbocycles. The van der Waals surface area contributed by atoms with E-state index in [1.807, 2.05) is 60.8 Å². The highest BCUT2D eigenvalue weighted by atomic mass is 32.1. The first-order valence-electron chi connectivity index (χ1n) is 8.97. The average Bonchev–Trinajstić information content (AvgIpc) is 3.23. The summed E-state index contributed by atoms with van der Waals surface area (Å²) in [5.74, 6) is 0.682. The lowest BCUT2D eigenvalue weighted by Crippen LogP contribution is -2.36. The van der Waals surface area contributed by atoms with Crippen LogP contribution in [0.25, 0.3) is 0 Å². The minimum atomic E-state index is 0.0924. The van der Waals surface area contributed by atoms with Gasteiger partial charge >= 0.3 is 0 Å². The second kappa shape index (κ2) is 7.15. The number of aryl methyl sites for hydroxylation is 3. The molecule has 0 unspecified atom stereocenters. The van der Waals surface area contributed by atoms with Crippen LogP contribution in [0.1, 0.15) is 37.2 Å². The van der Waals surface area contributed by atoms with Crippen molar-refractivity contribution in [3.63, 3.8) is 0 Å². The second-order valence-electron chi connectivity index (χ2n) is 6.79. The minimum Gasteiger partial charge on any atom is -0.471 e. The molecule has 6 nitrogen and oxygen atoms in total. The zero-order valence-corrected chi connectivity index (χ0v) is 16.5. The fourth-order valence-corrected chi connectivity index (χ4v) is 4.24. The lowest BCUT2D eigenvalue weighted by molar-refractivity contribution is 0.0737. The standard InChI is InChI=1S/C20H22N4O2S/c1-13-5-4-6-19(21-13)26-12-16-15-11-24(10-9-17(15)23(3)22-16)20(25)18-8-7-14(2)27-18/h4-8H,9-12H2,1-3H3. The number of fused-ring (bicyclic) bond motifs is 1. The second-order valence-corrected chi connectivity index (χ2v) is 8.08. The number of nitrogens with zero attached hydrogens (tertiary/aromatic N) is 4. The molecule has 27 heavy (non-hydrogen) atoms. The van der Waals surface area contributed by atoms with Gasteiger partial charge in [0.2, 0.25) is 5.88 Å². The summed E-state index contributed by atoms with van der Waals surface area (Å²) in [6.07, 6.45) is 0.803. The van der Waals surface area contributed by atoms with E-state index < -0.39 is 0 Å². The molecule has 0 fully saturated rings.